The van der Waals surface area contributed by atoms with E-state index < -0.39 is 5.92 Å². The molecule has 2 amide bonds. The molecule has 6 heteroatoms. The molecule has 0 fully saturated rings. The van der Waals surface area contributed by atoms with Crippen molar-refractivity contribution in [3.05, 3.63) is 40.1 Å². The highest BCUT2D eigenvalue weighted by atomic mass is 35.5. The summed E-state index contributed by atoms with van der Waals surface area (Å²) in [6, 6.07) is 5.24. The Hall–Kier alpha value is -2.14. The number of rotatable bonds is 2. The smallest absolute Gasteiger partial charge is 0.232 e. The first kappa shape index (κ1) is 15.7. The van der Waals surface area contributed by atoms with Crippen molar-refractivity contribution in [2.24, 2.45) is 5.92 Å². The number of carbonyl (C=O) groups is 3. The van der Waals surface area contributed by atoms with Crippen molar-refractivity contribution in [1.29, 1.82) is 0 Å². The van der Waals surface area contributed by atoms with Gasteiger partial charge in [0.05, 0.1) is 5.92 Å². The Labute approximate surface area is 139 Å². The lowest BCUT2D eigenvalue weighted by Gasteiger charge is -2.30. The van der Waals surface area contributed by atoms with E-state index in [1.807, 2.05) is 6.92 Å². The van der Waals surface area contributed by atoms with Crippen LogP contribution in [-0.2, 0) is 14.4 Å². The summed E-state index contributed by atoms with van der Waals surface area (Å²) in [6.45, 7) is 1.81. The second-order valence-corrected chi connectivity index (χ2v) is 6.28. The summed E-state index contributed by atoms with van der Waals surface area (Å²) >= 11 is 6.06. The molecule has 1 aliphatic heterocycles. The SMILES string of the molecule is Cc1c(Cl)cccc1NC(=O)[C@H]1CC(=O)NC2=C1C(=O)CCC2. The van der Waals surface area contributed by atoms with Crippen molar-refractivity contribution in [3.63, 3.8) is 0 Å². The van der Waals surface area contributed by atoms with Gasteiger partial charge in [-0.2, -0.15) is 0 Å². The Bertz CT molecular complexity index is 739. The number of benzene rings is 1. The molecule has 5 nitrogen and oxygen atoms in total. The maximum atomic E-state index is 12.7. The van der Waals surface area contributed by atoms with Gasteiger partial charge in [-0.05, 0) is 37.5 Å². The van der Waals surface area contributed by atoms with Crippen LogP contribution in [0.4, 0.5) is 5.69 Å². The second-order valence-electron chi connectivity index (χ2n) is 5.88. The minimum absolute atomic E-state index is 0.00395. The normalized spacial score (nSPS) is 20.9. The van der Waals surface area contributed by atoms with Crippen LogP contribution in [0.3, 0.4) is 0 Å². The van der Waals surface area contributed by atoms with Crippen LogP contribution in [-0.4, -0.2) is 17.6 Å². The molecular weight excluding hydrogens is 316 g/mol. The molecule has 0 saturated heterocycles. The Morgan fingerprint density at radius 1 is 1.30 bits per heavy atom. The van der Waals surface area contributed by atoms with Crippen LogP contribution in [0.2, 0.25) is 5.02 Å². The molecular formula is C17H17ClN2O3. The Morgan fingerprint density at radius 2 is 2.09 bits per heavy atom. The summed E-state index contributed by atoms with van der Waals surface area (Å²) < 4.78 is 0. The zero-order chi connectivity index (χ0) is 16.6. The van der Waals surface area contributed by atoms with Crippen molar-refractivity contribution in [2.45, 2.75) is 32.6 Å². The Balaban J connectivity index is 1.90. The number of allylic oxidation sites excluding steroid dienone is 1. The Kier molecular flexibility index (Phi) is 4.22. The molecule has 0 aromatic heterocycles. The number of hydrogen-bond acceptors (Lipinski definition) is 3. The van der Waals surface area contributed by atoms with E-state index in [-0.39, 0.29) is 24.0 Å². The quantitative estimate of drug-likeness (QED) is 0.874. The first-order chi connectivity index (χ1) is 11.0. The van der Waals surface area contributed by atoms with Crippen LogP contribution in [0.5, 0.6) is 0 Å². The fourth-order valence-electron chi connectivity index (χ4n) is 3.09. The molecule has 120 valence electrons. The van der Waals surface area contributed by atoms with E-state index in [4.69, 9.17) is 11.6 Å². The largest absolute Gasteiger partial charge is 0.329 e. The van der Waals surface area contributed by atoms with Gasteiger partial charge in [-0.25, -0.2) is 0 Å². The van der Waals surface area contributed by atoms with Crippen molar-refractivity contribution in [3.8, 4) is 0 Å². The molecule has 0 unspecified atom stereocenters. The maximum Gasteiger partial charge on any atom is 0.232 e. The summed E-state index contributed by atoms with van der Waals surface area (Å²) in [5, 5.41) is 6.10. The number of hydrogen-bond donors (Lipinski definition) is 2. The van der Waals surface area contributed by atoms with E-state index in [1.54, 1.807) is 18.2 Å². The number of ketones is 1. The predicted molar refractivity (Wildman–Crippen MR) is 87.0 cm³/mol. The molecule has 1 heterocycles. The number of halogens is 1. The molecule has 1 aliphatic carbocycles. The third-order valence-electron chi connectivity index (χ3n) is 4.33. The molecule has 1 aromatic carbocycles. The van der Waals surface area contributed by atoms with E-state index >= 15 is 0 Å². The van der Waals surface area contributed by atoms with Crippen LogP contribution in [0, 0.1) is 12.8 Å². The predicted octanol–water partition coefficient (Wildman–Crippen LogP) is 2.73. The second kappa shape index (κ2) is 6.16. The third-order valence-corrected chi connectivity index (χ3v) is 4.74. The van der Waals surface area contributed by atoms with Gasteiger partial charge in [0.25, 0.3) is 0 Å². The highest BCUT2D eigenvalue weighted by Gasteiger charge is 2.37. The summed E-state index contributed by atoms with van der Waals surface area (Å²) in [7, 11) is 0. The molecule has 3 rings (SSSR count). The zero-order valence-electron chi connectivity index (χ0n) is 12.7. The molecule has 0 bridgehead atoms. The van der Waals surface area contributed by atoms with Gasteiger partial charge in [-0.1, -0.05) is 17.7 Å². The summed E-state index contributed by atoms with van der Waals surface area (Å²) in [5.74, 6) is -1.34. The molecule has 23 heavy (non-hydrogen) atoms. The van der Waals surface area contributed by atoms with Gasteiger partial charge in [-0.3, -0.25) is 14.4 Å². The highest BCUT2D eigenvalue weighted by Crippen LogP contribution is 2.33. The monoisotopic (exact) mass is 332 g/mol. The number of amides is 2. The van der Waals surface area contributed by atoms with E-state index in [0.717, 1.165) is 5.56 Å². The summed E-state index contributed by atoms with van der Waals surface area (Å²) in [5.41, 5.74) is 2.43. The lowest BCUT2D eigenvalue weighted by Crippen LogP contribution is -2.41. The lowest BCUT2D eigenvalue weighted by atomic mass is 9.81. The van der Waals surface area contributed by atoms with Crippen LogP contribution in [0.15, 0.2) is 29.5 Å². The first-order valence-electron chi connectivity index (χ1n) is 7.59. The minimum atomic E-state index is -0.732. The number of anilines is 1. The topological polar surface area (TPSA) is 75.3 Å². The summed E-state index contributed by atoms with van der Waals surface area (Å²) in [4.78, 5) is 36.7. The van der Waals surface area contributed by atoms with Crippen LogP contribution in [0.1, 0.15) is 31.2 Å². The average Bonchev–Trinajstić information content (AvgIpc) is 2.51. The van der Waals surface area contributed by atoms with Crippen LogP contribution < -0.4 is 10.6 Å². The number of carbonyl (C=O) groups excluding carboxylic acids is 3. The third kappa shape index (κ3) is 3.01. The standard InChI is InChI=1S/C17H17ClN2O3/c1-9-11(18)4-2-5-12(9)20-17(23)10-8-15(22)19-13-6-3-7-14(21)16(10)13/h2,4-5,10H,3,6-8H2,1H3,(H,19,22)(H,20,23)/t10-/m0/s1. The molecule has 1 aromatic rings. The van der Waals surface area contributed by atoms with Crippen molar-refractivity contribution >= 4 is 34.9 Å². The molecule has 1 atom stereocenters. The molecule has 2 aliphatic rings. The van der Waals surface area contributed by atoms with Crippen molar-refractivity contribution in [1.82, 2.24) is 5.32 Å². The zero-order valence-corrected chi connectivity index (χ0v) is 13.5. The van der Waals surface area contributed by atoms with Gasteiger partial charge in [0.1, 0.15) is 0 Å². The van der Waals surface area contributed by atoms with Crippen molar-refractivity contribution in [2.75, 3.05) is 5.32 Å². The molecule has 0 spiro atoms. The van der Waals surface area contributed by atoms with Gasteiger partial charge in [0, 0.05) is 34.8 Å². The first-order valence-corrected chi connectivity index (χ1v) is 7.97. The van der Waals surface area contributed by atoms with E-state index in [0.29, 0.717) is 41.2 Å². The minimum Gasteiger partial charge on any atom is -0.329 e. The summed E-state index contributed by atoms with van der Waals surface area (Å²) in [6.07, 6.45) is 1.76. The lowest BCUT2D eigenvalue weighted by molar-refractivity contribution is -0.128. The Morgan fingerprint density at radius 3 is 2.87 bits per heavy atom. The number of Topliss-reactive ketones (excluding diaryl/α,β-unsaturated/α-hetero) is 1. The maximum absolute atomic E-state index is 12.7. The van der Waals surface area contributed by atoms with Crippen LogP contribution in [0.25, 0.3) is 0 Å². The van der Waals surface area contributed by atoms with Crippen molar-refractivity contribution < 1.29 is 14.4 Å². The van der Waals surface area contributed by atoms with Gasteiger partial charge in [0.15, 0.2) is 5.78 Å². The fraction of sp³-hybridized carbons (Fsp3) is 0.353. The van der Waals surface area contributed by atoms with Gasteiger partial charge >= 0.3 is 0 Å². The molecule has 2 N–H and O–H groups in total. The fourth-order valence-corrected chi connectivity index (χ4v) is 3.27. The average molecular weight is 333 g/mol. The van der Waals surface area contributed by atoms with Gasteiger partial charge < -0.3 is 10.6 Å². The van der Waals surface area contributed by atoms with Gasteiger partial charge in [0.2, 0.25) is 11.8 Å². The van der Waals surface area contributed by atoms with E-state index in [2.05, 4.69) is 10.6 Å². The van der Waals surface area contributed by atoms with Gasteiger partial charge in [-0.15, -0.1) is 0 Å². The highest BCUT2D eigenvalue weighted by molar-refractivity contribution is 6.31. The van der Waals surface area contributed by atoms with E-state index in [1.165, 1.54) is 0 Å². The number of nitrogens with one attached hydrogen (secondary N) is 2. The molecule has 0 saturated carbocycles. The van der Waals surface area contributed by atoms with Crippen LogP contribution >= 0.6 is 11.6 Å². The van der Waals surface area contributed by atoms with E-state index in [9.17, 15) is 14.4 Å². The molecule has 0 radical (unpaired) electrons.